The molecular weight excluding hydrogens is 451 g/mol. The molecule has 0 aliphatic carbocycles. The van der Waals surface area contributed by atoms with Crippen LogP contribution >= 0.6 is 35.3 Å². The predicted molar refractivity (Wildman–Crippen MR) is 113 cm³/mol. The number of carbonyl (C=O) groups is 1. The maximum Gasteiger partial charge on any atom is 0.310 e. The number of guanidine groups is 1. The molecule has 0 saturated carbocycles. The molecule has 0 radical (unpaired) electrons. The molecule has 0 spiro atoms. The Morgan fingerprint density at radius 2 is 2.24 bits per heavy atom. The van der Waals surface area contributed by atoms with E-state index in [1.165, 1.54) is 4.88 Å². The Kier molecular flexibility index (Phi) is 9.70. The standard InChI is InChI=1S/C17H28N4O2S.HI/c1-5-23-16(22)14-7-6-10-21(11-14)17(18-4)19-9-8-15-12(2)20-13(3)24-15;/h14H,5-11H2,1-4H3,(H,18,19);1H. The van der Waals surface area contributed by atoms with Crippen molar-refractivity contribution in [3.63, 3.8) is 0 Å². The van der Waals surface area contributed by atoms with E-state index < -0.39 is 0 Å². The van der Waals surface area contributed by atoms with Crippen molar-refractivity contribution in [2.45, 2.75) is 40.0 Å². The first kappa shape index (κ1) is 22.1. The summed E-state index contributed by atoms with van der Waals surface area (Å²) in [5.41, 5.74) is 1.12. The normalized spacial score (nSPS) is 17.8. The molecule has 1 atom stereocenters. The lowest BCUT2D eigenvalue weighted by molar-refractivity contribution is -0.149. The third-order valence-electron chi connectivity index (χ3n) is 4.19. The van der Waals surface area contributed by atoms with Crippen LogP contribution in [0.15, 0.2) is 4.99 Å². The van der Waals surface area contributed by atoms with Crippen LogP contribution in [0, 0.1) is 19.8 Å². The van der Waals surface area contributed by atoms with Crippen LogP contribution in [0.3, 0.4) is 0 Å². The summed E-state index contributed by atoms with van der Waals surface area (Å²) in [4.78, 5) is 24.3. The van der Waals surface area contributed by atoms with Gasteiger partial charge in [-0.25, -0.2) is 4.98 Å². The van der Waals surface area contributed by atoms with E-state index in [0.29, 0.717) is 13.2 Å². The van der Waals surface area contributed by atoms with Crippen LogP contribution in [0.5, 0.6) is 0 Å². The molecule has 25 heavy (non-hydrogen) atoms. The zero-order valence-electron chi connectivity index (χ0n) is 15.5. The molecule has 1 aliphatic heterocycles. The van der Waals surface area contributed by atoms with Crippen LogP contribution in [0.2, 0.25) is 0 Å². The lowest BCUT2D eigenvalue weighted by atomic mass is 9.98. The van der Waals surface area contributed by atoms with Crippen LogP contribution in [-0.2, 0) is 16.0 Å². The fourth-order valence-electron chi connectivity index (χ4n) is 3.05. The van der Waals surface area contributed by atoms with Crippen LogP contribution in [0.4, 0.5) is 0 Å². The van der Waals surface area contributed by atoms with E-state index in [-0.39, 0.29) is 35.9 Å². The van der Waals surface area contributed by atoms with Gasteiger partial charge in [0.25, 0.3) is 0 Å². The number of likely N-dealkylation sites (tertiary alicyclic amines) is 1. The summed E-state index contributed by atoms with van der Waals surface area (Å²) in [6, 6.07) is 0. The number of piperidine rings is 1. The number of esters is 1. The number of aryl methyl sites for hydroxylation is 2. The number of hydrogen-bond acceptors (Lipinski definition) is 5. The summed E-state index contributed by atoms with van der Waals surface area (Å²) in [7, 11) is 1.79. The van der Waals surface area contributed by atoms with E-state index in [1.807, 2.05) is 13.8 Å². The molecule has 0 amide bonds. The Balaban J connectivity index is 0.00000312. The Morgan fingerprint density at radius 3 is 2.84 bits per heavy atom. The zero-order chi connectivity index (χ0) is 17.5. The minimum atomic E-state index is -0.0894. The van der Waals surface area contributed by atoms with Gasteiger partial charge in [0, 0.05) is 38.0 Å². The van der Waals surface area contributed by atoms with Crippen molar-refractivity contribution in [1.29, 1.82) is 0 Å². The number of halogens is 1. The molecule has 2 heterocycles. The van der Waals surface area contributed by atoms with E-state index in [4.69, 9.17) is 4.74 Å². The Hall–Kier alpha value is -0.900. The van der Waals surface area contributed by atoms with Gasteiger partial charge in [0.2, 0.25) is 0 Å². The van der Waals surface area contributed by atoms with Gasteiger partial charge in [0.1, 0.15) is 0 Å². The lowest BCUT2D eigenvalue weighted by Crippen LogP contribution is -2.48. The topological polar surface area (TPSA) is 66.8 Å². The number of hydrogen-bond donors (Lipinski definition) is 1. The zero-order valence-corrected chi connectivity index (χ0v) is 18.6. The number of carbonyl (C=O) groups excluding carboxylic acids is 1. The highest BCUT2D eigenvalue weighted by Gasteiger charge is 2.28. The highest BCUT2D eigenvalue weighted by atomic mass is 127. The molecule has 2 rings (SSSR count). The highest BCUT2D eigenvalue weighted by Crippen LogP contribution is 2.19. The van der Waals surface area contributed by atoms with E-state index in [0.717, 1.165) is 49.0 Å². The van der Waals surface area contributed by atoms with E-state index in [1.54, 1.807) is 18.4 Å². The number of nitrogens with zero attached hydrogens (tertiary/aromatic N) is 3. The fourth-order valence-corrected chi connectivity index (χ4v) is 3.98. The summed E-state index contributed by atoms with van der Waals surface area (Å²) in [6.45, 7) is 8.80. The van der Waals surface area contributed by atoms with Gasteiger partial charge in [-0.15, -0.1) is 35.3 Å². The third kappa shape index (κ3) is 6.40. The van der Waals surface area contributed by atoms with Crippen molar-refractivity contribution < 1.29 is 9.53 Å². The molecule has 1 aromatic rings. The number of ether oxygens (including phenoxy) is 1. The molecule has 142 valence electrons. The first-order valence-corrected chi connectivity index (χ1v) is 9.42. The second-order valence-corrected chi connectivity index (χ2v) is 7.29. The number of aliphatic imine (C=N–C) groups is 1. The smallest absolute Gasteiger partial charge is 0.310 e. The highest BCUT2D eigenvalue weighted by molar-refractivity contribution is 14.0. The second-order valence-electron chi connectivity index (χ2n) is 6.00. The largest absolute Gasteiger partial charge is 0.466 e. The molecule has 0 bridgehead atoms. The molecule has 1 aromatic heterocycles. The SMILES string of the molecule is CCOC(=O)C1CCCN(C(=NC)NCCc2sc(C)nc2C)C1.I. The monoisotopic (exact) mass is 480 g/mol. The summed E-state index contributed by atoms with van der Waals surface area (Å²) < 4.78 is 5.17. The lowest BCUT2D eigenvalue weighted by Gasteiger charge is -2.33. The third-order valence-corrected chi connectivity index (χ3v) is 5.32. The average Bonchev–Trinajstić information content (AvgIpc) is 2.89. The second kappa shape index (κ2) is 10.9. The molecule has 1 unspecified atom stereocenters. The molecular formula is C17H29IN4O2S. The minimum absolute atomic E-state index is 0. The molecule has 1 N–H and O–H groups in total. The van der Waals surface area contributed by atoms with Crippen molar-refractivity contribution in [1.82, 2.24) is 15.2 Å². The minimum Gasteiger partial charge on any atom is -0.466 e. The van der Waals surface area contributed by atoms with Gasteiger partial charge in [-0.2, -0.15) is 0 Å². The van der Waals surface area contributed by atoms with Gasteiger partial charge in [-0.1, -0.05) is 0 Å². The number of aromatic nitrogens is 1. The quantitative estimate of drug-likeness (QED) is 0.304. The number of nitrogens with one attached hydrogen (secondary N) is 1. The molecule has 6 nitrogen and oxygen atoms in total. The summed E-state index contributed by atoms with van der Waals surface area (Å²) in [5, 5.41) is 4.53. The average molecular weight is 480 g/mol. The van der Waals surface area contributed by atoms with Gasteiger partial charge in [0.05, 0.1) is 23.2 Å². The molecule has 0 aromatic carbocycles. The van der Waals surface area contributed by atoms with Crippen molar-refractivity contribution in [3.8, 4) is 0 Å². The predicted octanol–water partition coefficient (Wildman–Crippen LogP) is 2.77. The molecule has 8 heteroatoms. The Morgan fingerprint density at radius 1 is 1.48 bits per heavy atom. The first-order valence-electron chi connectivity index (χ1n) is 8.60. The number of rotatable bonds is 5. The summed E-state index contributed by atoms with van der Waals surface area (Å²) >= 11 is 1.75. The fraction of sp³-hybridized carbons (Fsp3) is 0.706. The van der Waals surface area contributed by atoms with Gasteiger partial charge >= 0.3 is 5.97 Å². The Labute approximate surface area is 171 Å². The van der Waals surface area contributed by atoms with Crippen molar-refractivity contribution in [2.75, 3.05) is 33.3 Å². The number of thiazole rings is 1. The van der Waals surface area contributed by atoms with Crippen LogP contribution in [0.25, 0.3) is 0 Å². The maximum absolute atomic E-state index is 12.0. The van der Waals surface area contributed by atoms with Gasteiger partial charge in [-0.3, -0.25) is 9.79 Å². The Bertz CT molecular complexity index is 591. The van der Waals surface area contributed by atoms with Crippen molar-refractivity contribution >= 4 is 47.2 Å². The summed E-state index contributed by atoms with van der Waals surface area (Å²) in [6.07, 6.45) is 2.81. The summed E-state index contributed by atoms with van der Waals surface area (Å²) in [5.74, 6) is 0.722. The van der Waals surface area contributed by atoms with E-state index in [2.05, 4.69) is 27.1 Å². The van der Waals surface area contributed by atoms with Gasteiger partial charge in [0.15, 0.2) is 5.96 Å². The first-order chi connectivity index (χ1) is 11.5. The van der Waals surface area contributed by atoms with Crippen LogP contribution in [-0.4, -0.2) is 55.1 Å². The van der Waals surface area contributed by atoms with E-state index in [9.17, 15) is 4.79 Å². The van der Waals surface area contributed by atoms with Crippen molar-refractivity contribution in [3.05, 3.63) is 15.6 Å². The van der Waals surface area contributed by atoms with Crippen LogP contribution in [0.1, 0.15) is 35.3 Å². The van der Waals surface area contributed by atoms with Crippen LogP contribution < -0.4 is 5.32 Å². The van der Waals surface area contributed by atoms with Gasteiger partial charge in [-0.05, 0) is 33.6 Å². The van der Waals surface area contributed by atoms with E-state index >= 15 is 0 Å². The van der Waals surface area contributed by atoms with Gasteiger partial charge < -0.3 is 15.0 Å². The molecule has 1 fully saturated rings. The maximum atomic E-state index is 12.0. The molecule has 1 saturated heterocycles. The van der Waals surface area contributed by atoms with Crippen molar-refractivity contribution in [2.24, 2.45) is 10.9 Å². The molecule has 1 aliphatic rings.